The molecule has 0 heterocycles. The lowest BCUT2D eigenvalue weighted by molar-refractivity contribution is -0.136. The summed E-state index contributed by atoms with van der Waals surface area (Å²) in [6, 6.07) is 0. The zero-order valence-electron chi connectivity index (χ0n) is 16.1. The quantitative estimate of drug-likeness (QED) is 0.229. The van der Waals surface area contributed by atoms with Crippen molar-refractivity contribution in [2.75, 3.05) is 5.75 Å². The number of unbranched alkanes of at least 4 members (excludes halogenated alkanes) is 9. The minimum atomic E-state index is -1.09. The van der Waals surface area contributed by atoms with E-state index in [9.17, 15) is 14.7 Å². The van der Waals surface area contributed by atoms with E-state index in [1.54, 1.807) is 0 Å². The van der Waals surface area contributed by atoms with Crippen molar-refractivity contribution >= 4 is 23.7 Å². The average Bonchev–Trinajstić information content (AvgIpc) is 2.59. The zero-order chi connectivity index (χ0) is 19.6. The molecule has 0 aromatic heterocycles. The van der Waals surface area contributed by atoms with E-state index in [2.05, 4.69) is 6.92 Å². The molecule has 0 spiro atoms. The Morgan fingerprint density at radius 1 is 0.923 bits per heavy atom. The van der Waals surface area contributed by atoms with E-state index >= 15 is 0 Å². The van der Waals surface area contributed by atoms with Gasteiger partial charge < -0.3 is 15.3 Å². The largest absolute Gasteiger partial charge is 0.481 e. The van der Waals surface area contributed by atoms with Gasteiger partial charge in [0, 0.05) is 17.1 Å². The van der Waals surface area contributed by atoms with Gasteiger partial charge in [-0.1, -0.05) is 71.1 Å². The summed E-state index contributed by atoms with van der Waals surface area (Å²) in [5, 5.41) is 27.4. The number of aliphatic hydroxyl groups is 1. The van der Waals surface area contributed by atoms with Crippen LogP contribution < -0.4 is 0 Å². The van der Waals surface area contributed by atoms with E-state index in [4.69, 9.17) is 10.2 Å². The van der Waals surface area contributed by atoms with Crippen LogP contribution in [0, 0.1) is 0 Å². The predicted octanol–water partition coefficient (Wildman–Crippen LogP) is 4.88. The number of aliphatic hydroxyl groups excluding tert-OH is 1. The Kier molecular flexibility index (Phi) is 16.7. The van der Waals surface area contributed by atoms with Gasteiger partial charge in [-0.15, -0.1) is 0 Å². The molecule has 0 radical (unpaired) electrons. The normalized spacial score (nSPS) is 13.8. The Hall–Kier alpha value is -1.01. The zero-order valence-corrected chi connectivity index (χ0v) is 16.9. The molecule has 0 amide bonds. The summed E-state index contributed by atoms with van der Waals surface area (Å²) in [6.45, 7) is 2.22. The molecule has 2 atom stereocenters. The number of rotatable bonds is 18. The lowest BCUT2D eigenvalue weighted by Gasteiger charge is -2.20. The summed E-state index contributed by atoms with van der Waals surface area (Å²) in [5.74, 6) is -1.52. The van der Waals surface area contributed by atoms with Crippen molar-refractivity contribution in [1.82, 2.24) is 0 Å². The number of aliphatic carboxylic acids is 2. The highest BCUT2D eigenvalue weighted by molar-refractivity contribution is 7.99. The molecular weight excluding hydrogens is 352 g/mol. The molecule has 0 aliphatic carbocycles. The van der Waals surface area contributed by atoms with Crippen LogP contribution in [0.25, 0.3) is 0 Å². The number of carbonyl (C=O) groups is 2. The van der Waals surface area contributed by atoms with Gasteiger partial charge in [-0.05, 0) is 12.5 Å². The van der Waals surface area contributed by atoms with Crippen LogP contribution in [0.15, 0.2) is 12.2 Å². The monoisotopic (exact) mass is 388 g/mol. The minimum absolute atomic E-state index is 0.0502. The predicted molar refractivity (Wildman–Crippen MR) is 108 cm³/mol. The summed E-state index contributed by atoms with van der Waals surface area (Å²) in [5.41, 5.74) is 0. The molecule has 3 N–H and O–H groups in total. The van der Waals surface area contributed by atoms with Crippen molar-refractivity contribution in [2.24, 2.45) is 0 Å². The molecule has 0 saturated heterocycles. The molecule has 6 heteroatoms. The minimum Gasteiger partial charge on any atom is -0.481 e. The van der Waals surface area contributed by atoms with E-state index in [1.165, 1.54) is 69.2 Å². The lowest BCUT2D eigenvalue weighted by atomic mass is 10.0. The number of hydrogen-bond donors (Lipinski definition) is 3. The number of thioether (sulfide) groups is 1. The Morgan fingerprint density at radius 3 is 1.96 bits per heavy atom. The van der Waals surface area contributed by atoms with Gasteiger partial charge >= 0.3 is 11.9 Å². The number of carboxylic acid groups (broad SMARTS) is 2. The van der Waals surface area contributed by atoms with Gasteiger partial charge in [0.2, 0.25) is 0 Å². The Balaban J connectivity index is 3.98. The molecule has 0 bridgehead atoms. The number of carboxylic acids is 2. The highest BCUT2D eigenvalue weighted by Gasteiger charge is 2.17. The van der Waals surface area contributed by atoms with Crippen LogP contribution >= 0.6 is 11.8 Å². The van der Waals surface area contributed by atoms with Crippen LogP contribution in [-0.4, -0.2) is 44.4 Å². The van der Waals surface area contributed by atoms with E-state index in [-0.39, 0.29) is 11.7 Å². The molecule has 0 aromatic rings. The highest BCUT2D eigenvalue weighted by atomic mass is 32.2. The van der Waals surface area contributed by atoms with Gasteiger partial charge in [0.15, 0.2) is 0 Å². The van der Waals surface area contributed by atoms with E-state index in [0.717, 1.165) is 25.3 Å². The van der Waals surface area contributed by atoms with Crippen LogP contribution in [0.1, 0.15) is 84.0 Å². The van der Waals surface area contributed by atoms with Gasteiger partial charge in [-0.2, -0.15) is 11.8 Å². The molecule has 5 nitrogen and oxygen atoms in total. The summed E-state index contributed by atoms with van der Waals surface area (Å²) >= 11 is 1.41. The standard InChI is InChI=1S/C20H36O5S/c1-2-3-4-5-6-7-8-9-10-11-12-18(26-16-15-20(24)25)17(21)13-14-19(22)23/h13-14,17-18,21H,2-12,15-16H2,1H3,(H,22,23)(H,24,25). The molecule has 0 aliphatic rings. The molecule has 0 rings (SSSR count). The van der Waals surface area contributed by atoms with Gasteiger partial charge in [-0.25, -0.2) is 4.79 Å². The van der Waals surface area contributed by atoms with Gasteiger partial charge in [0.05, 0.1) is 12.5 Å². The van der Waals surface area contributed by atoms with Crippen molar-refractivity contribution in [3.63, 3.8) is 0 Å². The fraction of sp³-hybridized carbons (Fsp3) is 0.800. The fourth-order valence-electron chi connectivity index (χ4n) is 2.79. The summed E-state index contributed by atoms with van der Waals surface area (Å²) in [6.07, 6.45) is 14.6. The summed E-state index contributed by atoms with van der Waals surface area (Å²) in [7, 11) is 0. The first-order valence-corrected chi connectivity index (χ1v) is 10.9. The first-order valence-electron chi connectivity index (χ1n) is 9.90. The second-order valence-electron chi connectivity index (χ2n) is 6.71. The molecule has 2 unspecified atom stereocenters. The average molecular weight is 389 g/mol. The SMILES string of the molecule is CCCCCCCCCCCCC(SCCC(=O)O)C(O)C=CC(=O)O. The third kappa shape index (κ3) is 16.5. The number of hydrogen-bond acceptors (Lipinski definition) is 4. The molecule has 152 valence electrons. The summed E-state index contributed by atoms with van der Waals surface area (Å²) in [4.78, 5) is 21.2. The van der Waals surface area contributed by atoms with Crippen molar-refractivity contribution in [1.29, 1.82) is 0 Å². The van der Waals surface area contributed by atoms with Crippen LogP contribution in [0.4, 0.5) is 0 Å². The highest BCUT2D eigenvalue weighted by Crippen LogP contribution is 2.23. The van der Waals surface area contributed by atoms with Crippen LogP contribution in [0.5, 0.6) is 0 Å². The van der Waals surface area contributed by atoms with Gasteiger partial charge in [0.25, 0.3) is 0 Å². The maximum atomic E-state index is 10.6. The first kappa shape index (κ1) is 25.0. The molecule has 0 aliphatic heterocycles. The van der Waals surface area contributed by atoms with Crippen molar-refractivity contribution in [3.8, 4) is 0 Å². The van der Waals surface area contributed by atoms with Gasteiger partial charge in [-0.3, -0.25) is 4.79 Å². The van der Waals surface area contributed by atoms with Crippen molar-refractivity contribution in [2.45, 2.75) is 95.3 Å². The third-order valence-electron chi connectivity index (χ3n) is 4.31. The molecule has 26 heavy (non-hydrogen) atoms. The molecule has 0 saturated carbocycles. The Labute approximate surface area is 162 Å². The van der Waals surface area contributed by atoms with Crippen LogP contribution in [-0.2, 0) is 9.59 Å². The van der Waals surface area contributed by atoms with Gasteiger partial charge in [0.1, 0.15) is 0 Å². The topological polar surface area (TPSA) is 94.8 Å². The lowest BCUT2D eigenvalue weighted by Crippen LogP contribution is -2.22. The second-order valence-corrected chi connectivity index (χ2v) is 8.06. The summed E-state index contributed by atoms with van der Waals surface area (Å²) < 4.78 is 0. The van der Waals surface area contributed by atoms with E-state index in [0.29, 0.717) is 5.75 Å². The van der Waals surface area contributed by atoms with Crippen LogP contribution in [0.2, 0.25) is 0 Å². The third-order valence-corrected chi connectivity index (χ3v) is 5.69. The maximum Gasteiger partial charge on any atom is 0.328 e. The molecular formula is C20H36O5S. The fourth-order valence-corrected chi connectivity index (χ4v) is 4.00. The van der Waals surface area contributed by atoms with Crippen LogP contribution in [0.3, 0.4) is 0 Å². The Bertz CT molecular complexity index is 398. The maximum absolute atomic E-state index is 10.6. The first-order chi connectivity index (χ1) is 12.5. The smallest absolute Gasteiger partial charge is 0.328 e. The Morgan fingerprint density at radius 2 is 1.46 bits per heavy atom. The van der Waals surface area contributed by atoms with Crippen molar-refractivity contribution < 1.29 is 24.9 Å². The van der Waals surface area contributed by atoms with E-state index < -0.39 is 18.0 Å². The molecule has 0 aromatic carbocycles. The van der Waals surface area contributed by atoms with E-state index in [1.807, 2.05) is 0 Å². The second kappa shape index (κ2) is 17.4. The molecule has 0 fully saturated rings. The van der Waals surface area contributed by atoms with Crippen molar-refractivity contribution in [3.05, 3.63) is 12.2 Å².